The first-order chi connectivity index (χ1) is 7.15. The lowest BCUT2D eigenvalue weighted by molar-refractivity contribution is 0.470. The van der Waals surface area contributed by atoms with Crippen LogP contribution >= 0.6 is 15.9 Å². The maximum Gasteiger partial charge on any atom is 0.169 e. The first-order valence-corrected chi connectivity index (χ1v) is 5.46. The van der Waals surface area contributed by atoms with E-state index in [2.05, 4.69) is 26.3 Å². The normalized spacial score (nSPS) is 12.7. The number of rotatable bonds is 3. The fourth-order valence-corrected chi connectivity index (χ4v) is 1.67. The van der Waals surface area contributed by atoms with Gasteiger partial charge in [0.25, 0.3) is 0 Å². The second-order valence-electron chi connectivity index (χ2n) is 3.38. The molecule has 1 unspecified atom stereocenters. The highest BCUT2D eigenvalue weighted by Crippen LogP contribution is 2.22. The van der Waals surface area contributed by atoms with Crippen molar-refractivity contribution in [3.8, 4) is 0 Å². The predicted octanol–water partition coefficient (Wildman–Crippen LogP) is 2.95. The predicted molar refractivity (Wildman–Crippen MR) is 61.7 cm³/mol. The SMILES string of the molecule is CC(Nc1ccn(C)n1)c1ccc(Br)o1. The number of hydrogen-bond donors (Lipinski definition) is 1. The Morgan fingerprint density at radius 2 is 2.27 bits per heavy atom. The molecule has 0 saturated carbocycles. The van der Waals surface area contributed by atoms with Crippen molar-refractivity contribution >= 4 is 21.7 Å². The fraction of sp³-hybridized carbons (Fsp3) is 0.300. The van der Waals surface area contributed by atoms with E-state index in [1.807, 2.05) is 38.4 Å². The second kappa shape index (κ2) is 4.10. The third kappa shape index (κ3) is 2.41. The number of nitrogens with one attached hydrogen (secondary N) is 1. The van der Waals surface area contributed by atoms with E-state index < -0.39 is 0 Å². The molecule has 0 amide bonds. The number of nitrogens with zero attached hydrogens (tertiary/aromatic N) is 2. The summed E-state index contributed by atoms with van der Waals surface area (Å²) in [5.74, 6) is 1.73. The van der Waals surface area contributed by atoms with Crippen LogP contribution in [0.15, 0.2) is 33.5 Å². The molecular formula is C10H12BrN3O. The van der Waals surface area contributed by atoms with Gasteiger partial charge in [0.05, 0.1) is 6.04 Å². The summed E-state index contributed by atoms with van der Waals surface area (Å²) < 4.78 is 7.94. The van der Waals surface area contributed by atoms with Crippen LogP contribution in [-0.2, 0) is 7.05 Å². The Bertz CT molecular complexity index is 449. The third-order valence-corrected chi connectivity index (χ3v) is 2.52. The molecule has 0 fully saturated rings. The highest BCUT2D eigenvalue weighted by atomic mass is 79.9. The zero-order chi connectivity index (χ0) is 10.8. The Labute approximate surface area is 96.4 Å². The Kier molecular flexibility index (Phi) is 2.81. The van der Waals surface area contributed by atoms with Gasteiger partial charge in [-0.25, -0.2) is 0 Å². The molecule has 1 N–H and O–H groups in total. The molecule has 2 aromatic heterocycles. The van der Waals surface area contributed by atoms with E-state index in [-0.39, 0.29) is 6.04 Å². The molecule has 0 aromatic carbocycles. The van der Waals surface area contributed by atoms with Gasteiger partial charge in [-0.1, -0.05) is 0 Å². The van der Waals surface area contributed by atoms with Crippen LogP contribution in [0, 0.1) is 0 Å². The monoisotopic (exact) mass is 269 g/mol. The van der Waals surface area contributed by atoms with Crippen molar-refractivity contribution < 1.29 is 4.42 Å². The molecule has 0 aliphatic rings. The fourth-order valence-electron chi connectivity index (χ4n) is 1.35. The van der Waals surface area contributed by atoms with E-state index >= 15 is 0 Å². The van der Waals surface area contributed by atoms with Crippen molar-refractivity contribution in [3.63, 3.8) is 0 Å². The van der Waals surface area contributed by atoms with Crippen molar-refractivity contribution in [2.24, 2.45) is 7.05 Å². The van der Waals surface area contributed by atoms with Gasteiger partial charge >= 0.3 is 0 Å². The summed E-state index contributed by atoms with van der Waals surface area (Å²) in [7, 11) is 1.89. The summed E-state index contributed by atoms with van der Waals surface area (Å²) in [5, 5.41) is 7.48. The smallest absolute Gasteiger partial charge is 0.169 e. The molecule has 80 valence electrons. The standard InChI is InChI=1S/C10H12BrN3O/c1-7(8-3-4-9(11)15-8)12-10-5-6-14(2)13-10/h3-7H,1-2H3,(H,12,13). The van der Waals surface area contributed by atoms with Crippen molar-refractivity contribution in [1.29, 1.82) is 0 Å². The molecule has 0 aliphatic carbocycles. The molecule has 0 spiro atoms. The molecule has 2 heterocycles. The second-order valence-corrected chi connectivity index (χ2v) is 4.16. The maximum absolute atomic E-state index is 5.44. The van der Waals surface area contributed by atoms with Crippen LogP contribution in [0.25, 0.3) is 0 Å². The van der Waals surface area contributed by atoms with Crippen LogP contribution in [0.3, 0.4) is 0 Å². The van der Waals surface area contributed by atoms with Crippen molar-refractivity contribution in [2.45, 2.75) is 13.0 Å². The Hall–Kier alpha value is -1.23. The van der Waals surface area contributed by atoms with Crippen LogP contribution in [0.4, 0.5) is 5.82 Å². The lowest BCUT2D eigenvalue weighted by atomic mass is 10.2. The summed E-state index contributed by atoms with van der Waals surface area (Å²) in [5.41, 5.74) is 0. The Morgan fingerprint density at radius 3 is 2.80 bits per heavy atom. The van der Waals surface area contributed by atoms with Gasteiger partial charge in [0.15, 0.2) is 4.67 Å². The van der Waals surface area contributed by atoms with Crippen molar-refractivity contribution in [2.75, 3.05) is 5.32 Å². The molecule has 2 rings (SSSR count). The van der Waals surface area contributed by atoms with Gasteiger partial charge in [0.2, 0.25) is 0 Å². The van der Waals surface area contributed by atoms with E-state index in [0.717, 1.165) is 16.2 Å². The first-order valence-electron chi connectivity index (χ1n) is 4.66. The molecule has 1 atom stereocenters. The summed E-state index contributed by atoms with van der Waals surface area (Å²) in [6.45, 7) is 2.03. The van der Waals surface area contributed by atoms with Gasteiger partial charge in [-0.3, -0.25) is 4.68 Å². The van der Waals surface area contributed by atoms with Gasteiger partial charge < -0.3 is 9.73 Å². The first kappa shape index (κ1) is 10.3. The topological polar surface area (TPSA) is 43.0 Å². The molecule has 2 aromatic rings. The Morgan fingerprint density at radius 1 is 1.47 bits per heavy atom. The number of hydrogen-bond acceptors (Lipinski definition) is 3. The van der Waals surface area contributed by atoms with Gasteiger partial charge in [0.1, 0.15) is 11.6 Å². The minimum absolute atomic E-state index is 0.103. The lowest BCUT2D eigenvalue weighted by Gasteiger charge is -2.09. The molecule has 0 saturated heterocycles. The summed E-state index contributed by atoms with van der Waals surface area (Å²) in [6, 6.07) is 5.84. The van der Waals surface area contributed by atoms with E-state index in [0.29, 0.717) is 0 Å². The average Bonchev–Trinajstić information content (AvgIpc) is 2.75. The van der Waals surface area contributed by atoms with Crippen LogP contribution in [-0.4, -0.2) is 9.78 Å². The number of furan rings is 1. The van der Waals surface area contributed by atoms with E-state index in [1.165, 1.54) is 0 Å². The van der Waals surface area contributed by atoms with E-state index in [1.54, 1.807) is 4.68 Å². The number of halogens is 1. The Balaban J connectivity index is 2.06. The van der Waals surface area contributed by atoms with Gasteiger partial charge in [-0.15, -0.1) is 0 Å². The number of aryl methyl sites for hydroxylation is 1. The summed E-state index contributed by atoms with van der Waals surface area (Å²) >= 11 is 3.28. The van der Waals surface area contributed by atoms with E-state index in [9.17, 15) is 0 Å². The minimum atomic E-state index is 0.103. The molecular weight excluding hydrogens is 258 g/mol. The zero-order valence-electron chi connectivity index (χ0n) is 8.57. The molecule has 0 bridgehead atoms. The van der Waals surface area contributed by atoms with Gasteiger partial charge in [-0.05, 0) is 35.0 Å². The number of aromatic nitrogens is 2. The molecule has 4 nitrogen and oxygen atoms in total. The zero-order valence-corrected chi connectivity index (χ0v) is 10.2. The average molecular weight is 270 g/mol. The summed E-state index contributed by atoms with van der Waals surface area (Å²) in [4.78, 5) is 0. The van der Waals surface area contributed by atoms with Crippen LogP contribution in [0.1, 0.15) is 18.7 Å². The van der Waals surface area contributed by atoms with Gasteiger partial charge in [0, 0.05) is 19.3 Å². The van der Waals surface area contributed by atoms with Crippen LogP contribution < -0.4 is 5.32 Å². The largest absolute Gasteiger partial charge is 0.452 e. The molecule has 0 aliphatic heterocycles. The quantitative estimate of drug-likeness (QED) is 0.932. The van der Waals surface area contributed by atoms with Crippen LogP contribution in [0.2, 0.25) is 0 Å². The van der Waals surface area contributed by atoms with E-state index in [4.69, 9.17) is 4.42 Å². The van der Waals surface area contributed by atoms with Crippen LogP contribution in [0.5, 0.6) is 0 Å². The van der Waals surface area contributed by atoms with Gasteiger partial charge in [-0.2, -0.15) is 5.10 Å². The third-order valence-electron chi connectivity index (χ3n) is 2.10. The molecule has 0 radical (unpaired) electrons. The van der Waals surface area contributed by atoms with Crippen molar-refractivity contribution in [3.05, 3.63) is 34.8 Å². The van der Waals surface area contributed by atoms with Crippen molar-refractivity contribution in [1.82, 2.24) is 9.78 Å². The maximum atomic E-state index is 5.44. The summed E-state index contributed by atoms with van der Waals surface area (Å²) in [6.07, 6.45) is 1.90. The highest BCUT2D eigenvalue weighted by Gasteiger charge is 2.10. The lowest BCUT2D eigenvalue weighted by Crippen LogP contribution is -2.06. The minimum Gasteiger partial charge on any atom is -0.452 e. The highest BCUT2D eigenvalue weighted by molar-refractivity contribution is 9.10. The molecule has 15 heavy (non-hydrogen) atoms. The number of anilines is 1. The molecule has 5 heteroatoms.